The number of fused-ring (bicyclic) bond motifs is 1. The molecule has 0 fully saturated rings. The van der Waals surface area contributed by atoms with Gasteiger partial charge in [-0.25, -0.2) is 9.18 Å². The highest BCUT2D eigenvalue weighted by molar-refractivity contribution is 6.04. The summed E-state index contributed by atoms with van der Waals surface area (Å²) in [5, 5.41) is 21.3. The molecule has 3 aromatic carbocycles. The average Bonchev–Trinajstić information content (AvgIpc) is 3.10. The van der Waals surface area contributed by atoms with E-state index in [2.05, 4.69) is 0 Å². The van der Waals surface area contributed by atoms with Gasteiger partial charge in [0, 0.05) is 18.2 Å². The third-order valence-electron chi connectivity index (χ3n) is 5.19. The predicted molar refractivity (Wildman–Crippen MR) is 111 cm³/mol. The molecule has 1 heterocycles. The van der Waals surface area contributed by atoms with Crippen molar-refractivity contribution in [2.75, 3.05) is 0 Å². The molecule has 0 saturated heterocycles. The van der Waals surface area contributed by atoms with Gasteiger partial charge in [0.15, 0.2) is 6.04 Å². The Morgan fingerprint density at radius 2 is 1.91 bits per heavy atom. The third-order valence-corrected chi connectivity index (χ3v) is 5.19. The second-order valence-electron chi connectivity index (χ2n) is 7.20. The predicted octanol–water partition coefficient (Wildman–Crippen LogP) is 4.09. The molecule has 0 aromatic heterocycles. The zero-order valence-corrected chi connectivity index (χ0v) is 16.6. The van der Waals surface area contributed by atoms with Crippen LogP contribution in [0.2, 0.25) is 0 Å². The van der Waals surface area contributed by atoms with Gasteiger partial charge in [0.25, 0.3) is 11.6 Å². The van der Waals surface area contributed by atoms with Crippen LogP contribution < -0.4 is 4.74 Å². The second kappa shape index (κ2) is 8.46. The number of carboxylic acids is 1. The van der Waals surface area contributed by atoms with Crippen molar-refractivity contribution in [1.82, 2.24) is 4.90 Å². The van der Waals surface area contributed by atoms with Crippen LogP contribution in [0.1, 0.15) is 33.1 Å². The zero-order valence-electron chi connectivity index (χ0n) is 16.6. The first-order valence-corrected chi connectivity index (χ1v) is 9.63. The van der Waals surface area contributed by atoms with Gasteiger partial charge in [0.05, 0.1) is 4.92 Å². The van der Waals surface area contributed by atoms with Crippen LogP contribution in [0.25, 0.3) is 0 Å². The first kappa shape index (κ1) is 21.0. The SMILES string of the molecule is O=C(O)C(c1cc(F)ccc1OCc1ccccc1)N1Cc2cccc([N+](=O)[O-])c2C1=O. The van der Waals surface area contributed by atoms with E-state index in [1.807, 2.05) is 30.3 Å². The van der Waals surface area contributed by atoms with E-state index in [1.54, 1.807) is 0 Å². The number of carbonyl (C=O) groups is 2. The minimum absolute atomic E-state index is 0.0581. The van der Waals surface area contributed by atoms with Gasteiger partial charge in [0.1, 0.15) is 23.7 Å². The average molecular weight is 436 g/mol. The Morgan fingerprint density at radius 3 is 2.59 bits per heavy atom. The molecule has 0 aliphatic carbocycles. The summed E-state index contributed by atoms with van der Waals surface area (Å²) in [7, 11) is 0. The van der Waals surface area contributed by atoms with E-state index in [9.17, 15) is 29.2 Å². The fourth-order valence-electron chi connectivity index (χ4n) is 3.76. The van der Waals surface area contributed by atoms with Crippen LogP contribution in [0.15, 0.2) is 66.7 Å². The number of amides is 1. The van der Waals surface area contributed by atoms with E-state index in [4.69, 9.17) is 4.74 Å². The Balaban J connectivity index is 1.72. The number of rotatable bonds is 7. The molecule has 1 aliphatic heterocycles. The van der Waals surface area contributed by atoms with Gasteiger partial charge < -0.3 is 14.7 Å². The molecule has 9 heteroatoms. The minimum atomic E-state index is -1.60. The number of nitro benzene ring substituents is 1. The van der Waals surface area contributed by atoms with Crippen molar-refractivity contribution in [3.05, 3.63) is 105 Å². The number of carboxylic acid groups (broad SMARTS) is 1. The molecule has 1 atom stereocenters. The number of nitrogens with zero attached hydrogens (tertiary/aromatic N) is 2. The van der Waals surface area contributed by atoms with E-state index in [0.29, 0.717) is 5.56 Å². The normalized spacial score (nSPS) is 13.5. The lowest BCUT2D eigenvalue weighted by atomic mass is 10.0. The number of nitro groups is 1. The van der Waals surface area contributed by atoms with Crippen molar-refractivity contribution < 1.29 is 28.7 Å². The second-order valence-corrected chi connectivity index (χ2v) is 7.20. The fourth-order valence-corrected chi connectivity index (χ4v) is 3.76. The lowest BCUT2D eigenvalue weighted by Gasteiger charge is -2.26. The van der Waals surface area contributed by atoms with Gasteiger partial charge in [-0.1, -0.05) is 42.5 Å². The third kappa shape index (κ3) is 3.87. The number of benzene rings is 3. The number of ether oxygens (including phenoxy) is 1. The largest absolute Gasteiger partial charge is 0.489 e. The van der Waals surface area contributed by atoms with E-state index in [1.165, 1.54) is 24.3 Å². The smallest absolute Gasteiger partial charge is 0.331 e. The molecule has 0 saturated carbocycles. The summed E-state index contributed by atoms with van der Waals surface area (Å²) in [6.07, 6.45) is 0. The standard InChI is InChI=1S/C23H17FN2O6/c24-16-9-10-19(32-13-14-5-2-1-3-6-14)17(11-16)21(23(28)29)25-12-15-7-4-8-18(26(30)31)20(15)22(25)27/h1-11,21H,12-13H2,(H,28,29). The monoisotopic (exact) mass is 436 g/mol. The topological polar surface area (TPSA) is 110 Å². The van der Waals surface area contributed by atoms with Crippen molar-refractivity contribution in [2.45, 2.75) is 19.2 Å². The Labute approximate surface area is 181 Å². The van der Waals surface area contributed by atoms with Gasteiger partial charge in [-0.2, -0.15) is 0 Å². The minimum Gasteiger partial charge on any atom is -0.489 e. The molecule has 0 radical (unpaired) electrons. The number of carbonyl (C=O) groups excluding carboxylic acids is 1. The summed E-state index contributed by atoms with van der Waals surface area (Å²) >= 11 is 0. The van der Waals surface area contributed by atoms with Crippen LogP contribution in [0.3, 0.4) is 0 Å². The van der Waals surface area contributed by atoms with Crippen LogP contribution in [-0.2, 0) is 17.9 Å². The highest BCUT2D eigenvalue weighted by atomic mass is 19.1. The highest BCUT2D eigenvalue weighted by Gasteiger charge is 2.42. The molecule has 1 aliphatic rings. The summed E-state index contributed by atoms with van der Waals surface area (Å²) in [6.45, 7) is -0.0626. The molecule has 32 heavy (non-hydrogen) atoms. The Bertz CT molecular complexity index is 1210. The molecular formula is C23H17FN2O6. The fraction of sp³-hybridized carbons (Fsp3) is 0.130. The van der Waals surface area contributed by atoms with Crippen LogP contribution in [0, 0.1) is 15.9 Å². The van der Waals surface area contributed by atoms with E-state index in [0.717, 1.165) is 22.6 Å². The van der Waals surface area contributed by atoms with Gasteiger partial charge in [-0.05, 0) is 29.3 Å². The molecule has 8 nitrogen and oxygen atoms in total. The number of aliphatic carboxylic acids is 1. The Kier molecular flexibility index (Phi) is 5.55. The molecule has 1 amide bonds. The van der Waals surface area contributed by atoms with Gasteiger partial charge in [0.2, 0.25) is 0 Å². The van der Waals surface area contributed by atoms with Crippen LogP contribution in [0.5, 0.6) is 5.75 Å². The number of halogens is 1. The zero-order chi connectivity index (χ0) is 22.8. The van der Waals surface area contributed by atoms with Crippen LogP contribution >= 0.6 is 0 Å². The van der Waals surface area contributed by atoms with Gasteiger partial charge in [-0.15, -0.1) is 0 Å². The molecule has 0 spiro atoms. The summed E-state index contributed by atoms with van der Waals surface area (Å²) in [6, 6.07) is 15.1. The van der Waals surface area contributed by atoms with Gasteiger partial charge in [-0.3, -0.25) is 14.9 Å². The molecule has 0 bridgehead atoms. The number of hydrogen-bond donors (Lipinski definition) is 1. The first-order valence-electron chi connectivity index (χ1n) is 9.63. The summed E-state index contributed by atoms with van der Waals surface area (Å²) in [5.74, 6) is -2.82. The van der Waals surface area contributed by atoms with Crippen molar-refractivity contribution in [3.63, 3.8) is 0 Å². The molecule has 4 rings (SSSR count). The van der Waals surface area contributed by atoms with Gasteiger partial charge >= 0.3 is 5.97 Å². The summed E-state index contributed by atoms with van der Waals surface area (Å²) in [4.78, 5) is 36.9. The first-order chi connectivity index (χ1) is 15.4. The van der Waals surface area contributed by atoms with Crippen molar-refractivity contribution in [3.8, 4) is 5.75 Å². The van der Waals surface area contributed by atoms with E-state index in [-0.39, 0.29) is 30.0 Å². The lowest BCUT2D eigenvalue weighted by Crippen LogP contribution is -2.35. The molecule has 3 aromatic rings. The molecule has 1 unspecified atom stereocenters. The van der Waals surface area contributed by atoms with Crippen molar-refractivity contribution in [2.24, 2.45) is 0 Å². The quantitative estimate of drug-likeness (QED) is 0.441. The molecule has 1 N–H and O–H groups in total. The summed E-state index contributed by atoms with van der Waals surface area (Å²) < 4.78 is 19.9. The Morgan fingerprint density at radius 1 is 1.16 bits per heavy atom. The van der Waals surface area contributed by atoms with E-state index >= 15 is 0 Å². The maximum atomic E-state index is 14.1. The van der Waals surface area contributed by atoms with E-state index < -0.39 is 34.3 Å². The van der Waals surface area contributed by atoms with Crippen molar-refractivity contribution >= 4 is 17.6 Å². The number of hydrogen-bond acceptors (Lipinski definition) is 5. The summed E-state index contributed by atoms with van der Waals surface area (Å²) in [5.41, 5.74) is 0.525. The molecular weight excluding hydrogens is 419 g/mol. The van der Waals surface area contributed by atoms with Crippen LogP contribution in [0.4, 0.5) is 10.1 Å². The Hall–Kier alpha value is -4.27. The maximum absolute atomic E-state index is 14.1. The lowest BCUT2D eigenvalue weighted by molar-refractivity contribution is -0.385. The highest BCUT2D eigenvalue weighted by Crippen LogP contribution is 2.39. The van der Waals surface area contributed by atoms with Crippen molar-refractivity contribution in [1.29, 1.82) is 0 Å². The maximum Gasteiger partial charge on any atom is 0.331 e. The van der Waals surface area contributed by atoms with Crippen LogP contribution in [-0.4, -0.2) is 26.8 Å². The molecule has 162 valence electrons.